The van der Waals surface area contributed by atoms with E-state index in [1.54, 1.807) is 7.11 Å². The van der Waals surface area contributed by atoms with Gasteiger partial charge in [0, 0.05) is 31.2 Å². The number of para-hydroxylation sites is 1. The van der Waals surface area contributed by atoms with Gasteiger partial charge in [-0.15, -0.1) is 0 Å². The van der Waals surface area contributed by atoms with E-state index in [9.17, 15) is 0 Å². The zero-order valence-electron chi connectivity index (χ0n) is 14.9. The maximum atomic E-state index is 5.60. The second-order valence-corrected chi connectivity index (χ2v) is 6.90. The Balaban J connectivity index is 1.70. The van der Waals surface area contributed by atoms with Gasteiger partial charge in [0.2, 0.25) is 0 Å². The van der Waals surface area contributed by atoms with Crippen molar-refractivity contribution >= 4 is 0 Å². The third kappa shape index (κ3) is 3.70. The molecule has 2 saturated heterocycles. The van der Waals surface area contributed by atoms with Gasteiger partial charge in [-0.2, -0.15) is 0 Å². The zero-order valence-corrected chi connectivity index (χ0v) is 14.9. The topological polar surface area (TPSA) is 19.0 Å². The predicted octanol–water partition coefficient (Wildman–Crippen LogP) is 2.47. The maximum absolute atomic E-state index is 5.60. The summed E-state index contributed by atoms with van der Waals surface area (Å²) in [5.74, 6) is 1.02. The molecule has 0 N–H and O–H groups in total. The molecule has 2 fully saturated rings. The summed E-state index contributed by atoms with van der Waals surface area (Å²) in [6.07, 6.45) is 2.63. The summed E-state index contributed by atoms with van der Waals surface area (Å²) in [5.41, 5.74) is 1.33. The van der Waals surface area contributed by atoms with Crippen LogP contribution in [0.4, 0.5) is 0 Å². The average molecular weight is 317 g/mol. The lowest BCUT2D eigenvalue weighted by Gasteiger charge is -2.45. The molecule has 0 spiro atoms. The summed E-state index contributed by atoms with van der Waals surface area (Å²) in [6, 6.07) is 9.69. The average Bonchev–Trinajstić information content (AvgIpc) is 2.62. The van der Waals surface area contributed by atoms with E-state index in [1.807, 2.05) is 0 Å². The van der Waals surface area contributed by atoms with Crippen LogP contribution in [0, 0.1) is 0 Å². The van der Waals surface area contributed by atoms with Gasteiger partial charge in [0.15, 0.2) is 0 Å². The van der Waals surface area contributed by atoms with E-state index < -0.39 is 0 Å². The lowest BCUT2D eigenvalue weighted by molar-refractivity contribution is 0.0362. The van der Waals surface area contributed by atoms with E-state index in [0.717, 1.165) is 24.9 Å². The van der Waals surface area contributed by atoms with Crippen LogP contribution < -0.4 is 4.74 Å². The van der Waals surface area contributed by atoms with Crippen molar-refractivity contribution in [2.45, 2.75) is 31.8 Å². The molecule has 0 saturated carbocycles. The van der Waals surface area contributed by atoms with Crippen LogP contribution >= 0.6 is 0 Å². The molecule has 2 aliphatic heterocycles. The molecule has 0 aromatic heterocycles. The Kier molecular flexibility index (Phi) is 5.57. The van der Waals surface area contributed by atoms with E-state index in [4.69, 9.17) is 4.74 Å². The van der Waals surface area contributed by atoms with Crippen LogP contribution in [0.15, 0.2) is 24.3 Å². The van der Waals surface area contributed by atoms with Crippen molar-refractivity contribution in [2.75, 3.05) is 53.4 Å². The standard InChI is InChI=1S/C19H31N3O/c1-4-21-11-9-16(10-12-21)22-14-13-20(2)18(15-22)17-7-5-6-8-19(17)23-3/h5-8,16,18H,4,9-15H2,1-3H3/t18-/m0/s1. The van der Waals surface area contributed by atoms with E-state index >= 15 is 0 Å². The molecule has 0 unspecified atom stereocenters. The molecule has 0 radical (unpaired) electrons. The highest BCUT2D eigenvalue weighted by Gasteiger charge is 2.32. The Morgan fingerprint density at radius 1 is 1.09 bits per heavy atom. The zero-order chi connectivity index (χ0) is 16.2. The third-order valence-corrected chi connectivity index (χ3v) is 5.70. The monoisotopic (exact) mass is 317 g/mol. The van der Waals surface area contributed by atoms with Crippen LogP contribution in [0.5, 0.6) is 5.75 Å². The lowest BCUT2D eigenvalue weighted by atomic mass is 9.97. The van der Waals surface area contributed by atoms with Crippen molar-refractivity contribution in [3.63, 3.8) is 0 Å². The molecule has 4 nitrogen and oxygen atoms in total. The fourth-order valence-electron chi connectivity index (χ4n) is 4.10. The number of likely N-dealkylation sites (N-methyl/N-ethyl adjacent to an activating group) is 1. The Morgan fingerprint density at radius 3 is 2.52 bits per heavy atom. The number of nitrogens with zero attached hydrogens (tertiary/aromatic N) is 3. The van der Waals surface area contributed by atoms with Crippen LogP contribution in [-0.2, 0) is 0 Å². The van der Waals surface area contributed by atoms with Gasteiger partial charge in [0.1, 0.15) is 5.75 Å². The Bertz CT molecular complexity index is 499. The number of piperidine rings is 1. The summed E-state index contributed by atoms with van der Waals surface area (Å²) in [4.78, 5) is 7.78. The van der Waals surface area contributed by atoms with E-state index in [1.165, 1.54) is 44.6 Å². The minimum atomic E-state index is 0.434. The van der Waals surface area contributed by atoms with Gasteiger partial charge in [-0.1, -0.05) is 25.1 Å². The number of methoxy groups -OCH3 is 1. The number of likely N-dealkylation sites (tertiary alicyclic amines) is 1. The predicted molar refractivity (Wildman–Crippen MR) is 95.1 cm³/mol. The minimum Gasteiger partial charge on any atom is -0.496 e. The molecule has 0 amide bonds. The number of piperazine rings is 1. The summed E-state index contributed by atoms with van der Waals surface area (Å²) in [5, 5.41) is 0. The van der Waals surface area contributed by atoms with Crippen LogP contribution in [0.25, 0.3) is 0 Å². The first-order valence-electron chi connectivity index (χ1n) is 9.02. The van der Waals surface area contributed by atoms with Crippen LogP contribution in [0.1, 0.15) is 31.4 Å². The number of benzene rings is 1. The first-order chi connectivity index (χ1) is 11.2. The van der Waals surface area contributed by atoms with Crippen molar-refractivity contribution in [1.29, 1.82) is 0 Å². The van der Waals surface area contributed by atoms with Crippen molar-refractivity contribution in [3.05, 3.63) is 29.8 Å². The van der Waals surface area contributed by atoms with Crippen molar-refractivity contribution in [2.24, 2.45) is 0 Å². The Labute approximate surface area is 141 Å². The van der Waals surface area contributed by atoms with Crippen LogP contribution in [0.3, 0.4) is 0 Å². The van der Waals surface area contributed by atoms with Gasteiger partial charge in [0.25, 0.3) is 0 Å². The second-order valence-electron chi connectivity index (χ2n) is 6.90. The van der Waals surface area contributed by atoms with Crippen molar-refractivity contribution in [3.8, 4) is 5.75 Å². The van der Waals surface area contributed by atoms with E-state index in [0.29, 0.717) is 6.04 Å². The number of hydrogen-bond acceptors (Lipinski definition) is 4. The van der Waals surface area contributed by atoms with E-state index in [-0.39, 0.29) is 0 Å². The molecule has 1 atom stereocenters. The molecular formula is C19H31N3O. The second kappa shape index (κ2) is 7.65. The quantitative estimate of drug-likeness (QED) is 0.849. The molecule has 4 heteroatoms. The fourth-order valence-corrected chi connectivity index (χ4v) is 4.10. The smallest absolute Gasteiger partial charge is 0.123 e. The van der Waals surface area contributed by atoms with Gasteiger partial charge in [0.05, 0.1) is 13.2 Å². The Hall–Kier alpha value is -1.10. The number of ether oxygens (including phenoxy) is 1. The first kappa shape index (κ1) is 16.7. The van der Waals surface area contributed by atoms with Gasteiger partial charge in [-0.3, -0.25) is 9.80 Å². The molecule has 1 aromatic rings. The van der Waals surface area contributed by atoms with Crippen LogP contribution in [-0.4, -0.2) is 74.2 Å². The molecule has 0 aliphatic carbocycles. The molecule has 0 bridgehead atoms. The molecular weight excluding hydrogens is 286 g/mol. The largest absolute Gasteiger partial charge is 0.496 e. The van der Waals surface area contributed by atoms with Crippen molar-refractivity contribution in [1.82, 2.24) is 14.7 Å². The lowest BCUT2D eigenvalue weighted by Crippen LogP contribution is -2.53. The third-order valence-electron chi connectivity index (χ3n) is 5.70. The molecule has 2 aliphatic rings. The highest BCUT2D eigenvalue weighted by atomic mass is 16.5. The molecule has 1 aromatic carbocycles. The van der Waals surface area contributed by atoms with Crippen LogP contribution in [0.2, 0.25) is 0 Å². The van der Waals surface area contributed by atoms with E-state index in [2.05, 4.69) is 52.9 Å². The molecule has 23 heavy (non-hydrogen) atoms. The summed E-state index contributed by atoms with van der Waals surface area (Å²) < 4.78 is 5.60. The molecule has 2 heterocycles. The first-order valence-corrected chi connectivity index (χ1v) is 9.02. The Morgan fingerprint density at radius 2 is 1.83 bits per heavy atom. The summed E-state index contributed by atoms with van der Waals surface area (Å²) >= 11 is 0. The van der Waals surface area contributed by atoms with Gasteiger partial charge in [-0.25, -0.2) is 0 Å². The molecule has 128 valence electrons. The number of rotatable bonds is 4. The highest BCUT2D eigenvalue weighted by molar-refractivity contribution is 5.36. The maximum Gasteiger partial charge on any atom is 0.123 e. The number of hydrogen-bond donors (Lipinski definition) is 0. The van der Waals surface area contributed by atoms with Gasteiger partial charge >= 0.3 is 0 Å². The SMILES string of the molecule is CCN1CCC(N2CCN(C)[C@H](c3ccccc3OC)C2)CC1. The molecule has 3 rings (SSSR count). The fraction of sp³-hybridized carbons (Fsp3) is 0.684. The normalized spacial score (nSPS) is 25.6. The van der Waals surface area contributed by atoms with Gasteiger partial charge in [-0.05, 0) is 45.6 Å². The summed E-state index contributed by atoms with van der Waals surface area (Å²) in [7, 11) is 4.02. The minimum absolute atomic E-state index is 0.434. The summed E-state index contributed by atoms with van der Waals surface area (Å²) in [6.45, 7) is 9.43. The van der Waals surface area contributed by atoms with Gasteiger partial charge < -0.3 is 9.64 Å². The van der Waals surface area contributed by atoms with Crippen molar-refractivity contribution < 1.29 is 4.74 Å². The highest BCUT2D eigenvalue weighted by Crippen LogP contribution is 2.32.